The van der Waals surface area contributed by atoms with Crippen LogP contribution < -0.4 is 10.1 Å². The third-order valence-electron chi connectivity index (χ3n) is 6.58. The molecule has 30 heavy (non-hydrogen) atoms. The SMILES string of the molecule is Cc1c(C(=O)NCCc2ccccc2)oc2ccc3c(c12)[C@H](O)CC1(CCCC1)O3. The molecule has 1 aliphatic heterocycles. The number of benzene rings is 2. The van der Waals surface area contributed by atoms with E-state index in [4.69, 9.17) is 9.15 Å². The van der Waals surface area contributed by atoms with E-state index in [1.54, 1.807) is 0 Å². The summed E-state index contributed by atoms with van der Waals surface area (Å²) in [5.74, 6) is 0.801. The number of carbonyl (C=O) groups is 1. The zero-order chi connectivity index (χ0) is 20.7. The molecule has 0 unspecified atom stereocenters. The summed E-state index contributed by atoms with van der Waals surface area (Å²) in [7, 11) is 0. The van der Waals surface area contributed by atoms with Gasteiger partial charge >= 0.3 is 0 Å². The van der Waals surface area contributed by atoms with Gasteiger partial charge in [-0.25, -0.2) is 0 Å². The Labute approximate surface area is 176 Å². The maximum Gasteiger partial charge on any atom is 0.287 e. The van der Waals surface area contributed by atoms with Gasteiger partial charge in [0.1, 0.15) is 16.9 Å². The van der Waals surface area contributed by atoms with E-state index in [2.05, 4.69) is 5.32 Å². The molecule has 2 aromatic carbocycles. The molecule has 3 aromatic rings. The van der Waals surface area contributed by atoms with Gasteiger partial charge in [0.15, 0.2) is 5.76 Å². The first-order valence-corrected chi connectivity index (χ1v) is 10.8. The summed E-state index contributed by atoms with van der Waals surface area (Å²) in [6, 6.07) is 13.8. The molecule has 5 heteroatoms. The zero-order valence-electron chi connectivity index (χ0n) is 17.2. The maximum atomic E-state index is 12.8. The van der Waals surface area contributed by atoms with Gasteiger partial charge in [0.2, 0.25) is 0 Å². The van der Waals surface area contributed by atoms with Gasteiger partial charge in [-0.15, -0.1) is 0 Å². The Bertz CT molecular complexity index is 1080. The van der Waals surface area contributed by atoms with Gasteiger partial charge in [-0.3, -0.25) is 4.79 Å². The third-order valence-corrected chi connectivity index (χ3v) is 6.58. The Balaban J connectivity index is 1.40. The Morgan fingerprint density at radius 3 is 2.70 bits per heavy atom. The van der Waals surface area contributed by atoms with Crippen molar-refractivity contribution in [1.82, 2.24) is 5.32 Å². The number of hydrogen-bond acceptors (Lipinski definition) is 4. The van der Waals surface area contributed by atoms with Crippen LogP contribution in [0.15, 0.2) is 46.9 Å². The molecule has 2 aliphatic rings. The molecule has 1 aliphatic carbocycles. The number of aliphatic hydroxyl groups is 1. The summed E-state index contributed by atoms with van der Waals surface area (Å²) in [6.07, 6.45) is 5.01. The summed E-state index contributed by atoms with van der Waals surface area (Å²) < 4.78 is 12.3. The van der Waals surface area contributed by atoms with Crippen LogP contribution in [-0.2, 0) is 6.42 Å². The van der Waals surface area contributed by atoms with E-state index in [0.717, 1.165) is 54.4 Å². The van der Waals surface area contributed by atoms with Crippen LogP contribution in [0.4, 0.5) is 0 Å². The van der Waals surface area contributed by atoms with Crippen molar-refractivity contribution in [2.75, 3.05) is 6.54 Å². The number of aryl methyl sites for hydroxylation is 1. The van der Waals surface area contributed by atoms with Crippen molar-refractivity contribution in [3.8, 4) is 5.75 Å². The molecule has 2 heterocycles. The Kier molecular flexibility index (Phi) is 4.78. The van der Waals surface area contributed by atoms with Gasteiger partial charge in [0, 0.05) is 29.5 Å². The first-order chi connectivity index (χ1) is 14.6. The molecule has 1 spiro atoms. The van der Waals surface area contributed by atoms with Crippen LogP contribution in [0.1, 0.15) is 65.5 Å². The number of aliphatic hydroxyl groups excluding tert-OH is 1. The molecule has 1 aromatic heterocycles. The summed E-state index contributed by atoms with van der Waals surface area (Å²) in [5.41, 5.74) is 3.06. The van der Waals surface area contributed by atoms with E-state index in [-0.39, 0.29) is 11.5 Å². The van der Waals surface area contributed by atoms with Crippen molar-refractivity contribution < 1.29 is 19.1 Å². The summed E-state index contributed by atoms with van der Waals surface area (Å²) in [6.45, 7) is 2.41. The van der Waals surface area contributed by atoms with Crippen molar-refractivity contribution in [2.24, 2.45) is 0 Å². The first kappa shape index (κ1) is 19.2. The summed E-state index contributed by atoms with van der Waals surface area (Å²) >= 11 is 0. The van der Waals surface area contributed by atoms with Gasteiger partial charge in [-0.05, 0) is 56.7 Å². The molecule has 1 amide bonds. The fourth-order valence-electron chi connectivity index (χ4n) is 5.09. The van der Waals surface area contributed by atoms with E-state index in [1.165, 1.54) is 5.56 Å². The maximum absolute atomic E-state index is 12.8. The average molecular weight is 405 g/mol. The van der Waals surface area contributed by atoms with Crippen molar-refractivity contribution in [2.45, 2.75) is 57.2 Å². The molecule has 1 atom stereocenters. The number of ether oxygens (including phenoxy) is 1. The van der Waals surface area contributed by atoms with E-state index in [9.17, 15) is 9.90 Å². The van der Waals surface area contributed by atoms with Crippen LogP contribution >= 0.6 is 0 Å². The van der Waals surface area contributed by atoms with Crippen LogP contribution in [0.25, 0.3) is 11.0 Å². The van der Waals surface area contributed by atoms with E-state index in [0.29, 0.717) is 24.3 Å². The number of rotatable bonds is 4. The zero-order valence-corrected chi connectivity index (χ0v) is 17.2. The molecule has 0 saturated heterocycles. The lowest BCUT2D eigenvalue weighted by Crippen LogP contribution is -2.38. The van der Waals surface area contributed by atoms with Crippen molar-refractivity contribution in [3.05, 3.63) is 64.9 Å². The summed E-state index contributed by atoms with van der Waals surface area (Å²) in [4.78, 5) is 12.8. The smallest absolute Gasteiger partial charge is 0.287 e. The largest absolute Gasteiger partial charge is 0.487 e. The predicted octanol–water partition coefficient (Wildman–Crippen LogP) is 4.84. The van der Waals surface area contributed by atoms with Crippen LogP contribution in [0.2, 0.25) is 0 Å². The molecule has 1 fully saturated rings. The number of hydrogen-bond donors (Lipinski definition) is 2. The second-order valence-corrected chi connectivity index (χ2v) is 8.61. The Hall–Kier alpha value is -2.79. The first-order valence-electron chi connectivity index (χ1n) is 10.8. The summed E-state index contributed by atoms with van der Waals surface area (Å²) in [5, 5.41) is 14.8. The van der Waals surface area contributed by atoms with Gasteiger partial charge in [-0.1, -0.05) is 30.3 Å². The molecular formula is C25H27NO4. The highest BCUT2D eigenvalue weighted by atomic mass is 16.5. The number of furan rings is 1. The van der Waals surface area contributed by atoms with Gasteiger partial charge in [0.05, 0.1) is 6.10 Å². The monoisotopic (exact) mass is 405 g/mol. The number of nitrogens with one attached hydrogen (secondary N) is 1. The van der Waals surface area contributed by atoms with Crippen LogP contribution in [0.5, 0.6) is 5.75 Å². The second-order valence-electron chi connectivity index (χ2n) is 8.61. The molecule has 5 rings (SSSR count). The minimum atomic E-state index is -0.610. The molecule has 2 N–H and O–H groups in total. The van der Waals surface area contributed by atoms with Crippen molar-refractivity contribution >= 4 is 16.9 Å². The van der Waals surface area contributed by atoms with Crippen LogP contribution in [0, 0.1) is 6.92 Å². The lowest BCUT2D eigenvalue weighted by Gasteiger charge is -2.38. The minimum absolute atomic E-state index is 0.230. The van der Waals surface area contributed by atoms with Gasteiger partial charge < -0.3 is 19.6 Å². The highest BCUT2D eigenvalue weighted by Crippen LogP contribution is 2.50. The topological polar surface area (TPSA) is 71.7 Å². The molecule has 0 radical (unpaired) electrons. The van der Waals surface area contributed by atoms with E-state index in [1.807, 2.05) is 49.4 Å². The third kappa shape index (κ3) is 3.27. The van der Waals surface area contributed by atoms with Gasteiger partial charge in [-0.2, -0.15) is 0 Å². The van der Waals surface area contributed by atoms with Gasteiger partial charge in [0.25, 0.3) is 5.91 Å². The normalized spacial score (nSPS) is 19.6. The Morgan fingerprint density at radius 2 is 1.93 bits per heavy atom. The molecular weight excluding hydrogens is 378 g/mol. The van der Waals surface area contributed by atoms with Crippen molar-refractivity contribution in [3.63, 3.8) is 0 Å². The number of fused-ring (bicyclic) bond motifs is 3. The van der Waals surface area contributed by atoms with Crippen molar-refractivity contribution in [1.29, 1.82) is 0 Å². The lowest BCUT2D eigenvalue weighted by molar-refractivity contribution is -0.00845. The fourth-order valence-corrected chi connectivity index (χ4v) is 5.09. The van der Waals surface area contributed by atoms with E-state index >= 15 is 0 Å². The lowest BCUT2D eigenvalue weighted by atomic mass is 9.85. The van der Waals surface area contributed by atoms with E-state index < -0.39 is 6.10 Å². The minimum Gasteiger partial charge on any atom is -0.487 e. The highest BCUT2D eigenvalue weighted by Gasteiger charge is 2.43. The molecule has 156 valence electrons. The molecule has 0 bridgehead atoms. The Morgan fingerprint density at radius 1 is 1.17 bits per heavy atom. The fraction of sp³-hybridized carbons (Fsp3) is 0.400. The standard InChI is InChI=1S/C25H27NO4/c1-16-21-19(29-23(16)24(28)26-14-11-17-7-3-2-4-8-17)9-10-20-22(21)18(27)15-25(30-20)12-5-6-13-25/h2-4,7-10,18,27H,5-6,11-15H2,1H3,(H,26,28)/t18-/m1/s1. The molecule has 5 nitrogen and oxygen atoms in total. The molecule has 1 saturated carbocycles. The number of amides is 1. The average Bonchev–Trinajstić information content (AvgIpc) is 3.33. The number of carbonyl (C=O) groups excluding carboxylic acids is 1. The van der Waals surface area contributed by atoms with Crippen LogP contribution in [-0.4, -0.2) is 23.2 Å². The quantitative estimate of drug-likeness (QED) is 0.651. The highest BCUT2D eigenvalue weighted by molar-refractivity contribution is 6.00. The second kappa shape index (κ2) is 7.47. The predicted molar refractivity (Wildman–Crippen MR) is 115 cm³/mol. The van der Waals surface area contributed by atoms with Crippen LogP contribution in [0.3, 0.4) is 0 Å².